The maximum atomic E-state index is 12.6. The molecule has 2 atom stereocenters. The zero-order chi connectivity index (χ0) is 16.6. The molecular weight excluding hydrogens is 306 g/mol. The SMILES string of the molecule is C[C@H]1C(=O)N2CCC[C@@H]2C(=O)N1Cc1ccccc1OC(F)F. The van der Waals surface area contributed by atoms with Crippen molar-refractivity contribution in [1.29, 1.82) is 0 Å². The molecule has 0 aliphatic carbocycles. The van der Waals surface area contributed by atoms with Crippen LogP contribution in [0.5, 0.6) is 5.75 Å². The van der Waals surface area contributed by atoms with Crippen LogP contribution in [0.25, 0.3) is 0 Å². The summed E-state index contributed by atoms with van der Waals surface area (Å²) in [4.78, 5) is 28.1. The monoisotopic (exact) mass is 324 g/mol. The lowest BCUT2D eigenvalue weighted by atomic mass is 10.0. The minimum absolute atomic E-state index is 0.0313. The molecule has 0 spiro atoms. The van der Waals surface area contributed by atoms with E-state index in [0.29, 0.717) is 18.5 Å². The average Bonchev–Trinajstić information content (AvgIpc) is 3.00. The molecular formula is C16H18F2N2O3. The van der Waals surface area contributed by atoms with Crippen molar-refractivity contribution in [3.8, 4) is 5.75 Å². The highest BCUT2D eigenvalue weighted by Gasteiger charge is 2.45. The third-order valence-electron chi connectivity index (χ3n) is 4.46. The quantitative estimate of drug-likeness (QED) is 0.851. The van der Waals surface area contributed by atoms with Gasteiger partial charge in [-0.2, -0.15) is 8.78 Å². The Labute approximate surface area is 132 Å². The van der Waals surface area contributed by atoms with Gasteiger partial charge in [0, 0.05) is 12.1 Å². The molecule has 0 radical (unpaired) electrons. The Morgan fingerprint density at radius 1 is 1.26 bits per heavy atom. The van der Waals surface area contributed by atoms with Gasteiger partial charge in [0.25, 0.3) is 0 Å². The smallest absolute Gasteiger partial charge is 0.387 e. The molecule has 0 unspecified atom stereocenters. The number of halogens is 2. The van der Waals surface area contributed by atoms with Gasteiger partial charge in [0.2, 0.25) is 11.8 Å². The number of fused-ring (bicyclic) bond motifs is 1. The third kappa shape index (κ3) is 2.87. The number of piperazine rings is 1. The van der Waals surface area contributed by atoms with E-state index in [1.807, 2.05) is 0 Å². The summed E-state index contributed by atoms with van der Waals surface area (Å²) in [5, 5.41) is 0. The first-order valence-corrected chi connectivity index (χ1v) is 7.62. The molecule has 2 amide bonds. The number of rotatable bonds is 4. The van der Waals surface area contributed by atoms with Crippen LogP contribution < -0.4 is 4.74 Å². The summed E-state index contributed by atoms with van der Waals surface area (Å²) in [6.07, 6.45) is 1.47. The molecule has 2 aliphatic heterocycles. The Balaban J connectivity index is 1.84. The topological polar surface area (TPSA) is 49.9 Å². The van der Waals surface area contributed by atoms with Gasteiger partial charge in [0.15, 0.2) is 0 Å². The summed E-state index contributed by atoms with van der Waals surface area (Å²) in [5.74, 6) is -0.176. The summed E-state index contributed by atoms with van der Waals surface area (Å²) in [7, 11) is 0. The van der Waals surface area contributed by atoms with Gasteiger partial charge in [0.05, 0.1) is 6.54 Å². The number of carbonyl (C=O) groups excluding carboxylic acids is 2. The fourth-order valence-electron chi connectivity index (χ4n) is 3.29. The molecule has 3 rings (SSSR count). The van der Waals surface area contributed by atoms with E-state index >= 15 is 0 Å². The summed E-state index contributed by atoms with van der Waals surface area (Å²) < 4.78 is 29.5. The standard InChI is InChI=1S/C16H18F2N2O3/c1-10-14(21)19-8-4-6-12(19)15(22)20(10)9-11-5-2-3-7-13(11)23-16(17)18/h2-3,5,7,10,12,16H,4,6,8-9H2,1H3/t10-,12+/m0/s1. The van der Waals surface area contributed by atoms with Gasteiger partial charge in [-0.15, -0.1) is 0 Å². The number of carbonyl (C=O) groups is 2. The normalized spacial score (nSPS) is 24.3. The largest absolute Gasteiger partial charge is 0.434 e. The van der Waals surface area contributed by atoms with Crippen LogP contribution in [0.1, 0.15) is 25.3 Å². The van der Waals surface area contributed by atoms with Gasteiger partial charge in [0.1, 0.15) is 17.8 Å². The predicted octanol–water partition coefficient (Wildman–Crippen LogP) is 2.01. The van der Waals surface area contributed by atoms with Gasteiger partial charge in [-0.25, -0.2) is 0 Å². The molecule has 2 saturated heterocycles. The van der Waals surface area contributed by atoms with Crippen LogP contribution in [-0.2, 0) is 16.1 Å². The number of ether oxygens (including phenoxy) is 1. The molecule has 2 fully saturated rings. The van der Waals surface area contributed by atoms with Crippen molar-refractivity contribution in [3.05, 3.63) is 29.8 Å². The second kappa shape index (κ2) is 6.14. The maximum Gasteiger partial charge on any atom is 0.387 e. The first-order chi connectivity index (χ1) is 11.0. The second-order valence-electron chi connectivity index (χ2n) is 5.82. The zero-order valence-corrected chi connectivity index (χ0v) is 12.7. The lowest BCUT2D eigenvalue weighted by molar-refractivity contribution is -0.159. The first kappa shape index (κ1) is 15.7. The molecule has 23 heavy (non-hydrogen) atoms. The molecule has 2 heterocycles. The van der Waals surface area contributed by atoms with Crippen LogP contribution >= 0.6 is 0 Å². The van der Waals surface area contributed by atoms with Crippen molar-refractivity contribution in [2.75, 3.05) is 6.54 Å². The lowest BCUT2D eigenvalue weighted by Gasteiger charge is -2.41. The highest BCUT2D eigenvalue weighted by molar-refractivity contribution is 5.97. The van der Waals surface area contributed by atoms with E-state index in [-0.39, 0.29) is 24.1 Å². The van der Waals surface area contributed by atoms with Crippen molar-refractivity contribution in [1.82, 2.24) is 9.80 Å². The van der Waals surface area contributed by atoms with Crippen molar-refractivity contribution in [2.45, 2.75) is 45.0 Å². The van der Waals surface area contributed by atoms with Gasteiger partial charge in [-0.3, -0.25) is 9.59 Å². The van der Waals surface area contributed by atoms with E-state index in [1.54, 1.807) is 30.0 Å². The molecule has 0 aromatic heterocycles. The van der Waals surface area contributed by atoms with Gasteiger partial charge < -0.3 is 14.5 Å². The van der Waals surface area contributed by atoms with Gasteiger partial charge >= 0.3 is 6.61 Å². The van der Waals surface area contributed by atoms with Crippen LogP contribution in [-0.4, -0.2) is 46.9 Å². The van der Waals surface area contributed by atoms with E-state index in [2.05, 4.69) is 4.74 Å². The Morgan fingerprint density at radius 2 is 2.00 bits per heavy atom. The fourth-order valence-corrected chi connectivity index (χ4v) is 3.29. The molecule has 1 aromatic carbocycles. The van der Waals surface area contributed by atoms with Crippen molar-refractivity contribution >= 4 is 11.8 Å². The van der Waals surface area contributed by atoms with Gasteiger partial charge in [-0.05, 0) is 25.8 Å². The number of nitrogens with zero attached hydrogens (tertiary/aromatic N) is 2. The molecule has 2 aliphatic rings. The van der Waals surface area contributed by atoms with Crippen LogP contribution in [0, 0.1) is 0 Å². The van der Waals surface area contributed by atoms with Crippen LogP contribution in [0.3, 0.4) is 0 Å². The van der Waals surface area contributed by atoms with Crippen molar-refractivity contribution in [3.63, 3.8) is 0 Å². The summed E-state index contributed by atoms with van der Waals surface area (Å²) in [5.41, 5.74) is 0.465. The zero-order valence-electron chi connectivity index (χ0n) is 12.7. The summed E-state index contributed by atoms with van der Waals surface area (Å²) >= 11 is 0. The van der Waals surface area contributed by atoms with E-state index in [4.69, 9.17) is 0 Å². The van der Waals surface area contributed by atoms with Crippen LogP contribution in [0.2, 0.25) is 0 Å². The number of amides is 2. The Bertz CT molecular complexity index is 623. The van der Waals surface area contributed by atoms with Crippen LogP contribution in [0.4, 0.5) is 8.78 Å². The van der Waals surface area contributed by atoms with Crippen molar-refractivity contribution in [2.24, 2.45) is 0 Å². The summed E-state index contributed by atoms with van der Waals surface area (Å²) in [6.45, 7) is -0.569. The molecule has 1 aromatic rings. The molecule has 0 N–H and O–H groups in total. The Kier molecular flexibility index (Phi) is 4.19. The molecule has 124 valence electrons. The van der Waals surface area contributed by atoms with E-state index in [0.717, 1.165) is 6.42 Å². The Hall–Kier alpha value is -2.18. The lowest BCUT2D eigenvalue weighted by Crippen LogP contribution is -2.61. The third-order valence-corrected chi connectivity index (χ3v) is 4.46. The molecule has 0 bridgehead atoms. The first-order valence-electron chi connectivity index (χ1n) is 7.62. The maximum absolute atomic E-state index is 12.6. The predicted molar refractivity (Wildman–Crippen MR) is 77.8 cm³/mol. The van der Waals surface area contributed by atoms with E-state index in [9.17, 15) is 18.4 Å². The molecule has 5 nitrogen and oxygen atoms in total. The number of para-hydroxylation sites is 1. The Morgan fingerprint density at radius 3 is 2.74 bits per heavy atom. The number of hydrogen-bond donors (Lipinski definition) is 0. The minimum Gasteiger partial charge on any atom is -0.434 e. The second-order valence-corrected chi connectivity index (χ2v) is 5.82. The highest BCUT2D eigenvalue weighted by Crippen LogP contribution is 2.30. The number of hydrogen-bond acceptors (Lipinski definition) is 3. The van der Waals surface area contributed by atoms with Gasteiger partial charge in [-0.1, -0.05) is 18.2 Å². The molecule has 7 heteroatoms. The van der Waals surface area contributed by atoms with E-state index in [1.165, 1.54) is 11.0 Å². The van der Waals surface area contributed by atoms with Crippen molar-refractivity contribution < 1.29 is 23.1 Å². The number of benzene rings is 1. The highest BCUT2D eigenvalue weighted by atomic mass is 19.3. The fraction of sp³-hybridized carbons (Fsp3) is 0.500. The van der Waals surface area contributed by atoms with Crippen LogP contribution in [0.15, 0.2) is 24.3 Å². The molecule has 0 saturated carbocycles. The average molecular weight is 324 g/mol. The number of alkyl halides is 2. The summed E-state index contributed by atoms with van der Waals surface area (Å²) in [6, 6.07) is 5.33. The van der Waals surface area contributed by atoms with E-state index < -0.39 is 18.7 Å². The minimum atomic E-state index is -2.93.